The third kappa shape index (κ3) is 2.40. The van der Waals surface area contributed by atoms with E-state index in [9.17, 15) is 0 Å². The number of rotatable bonds is 3. The first-order chi connectivity index (χ1) is 8.85. The molecule has 0 radical (unpaired) electrons. The molecule has 0 bridgehead atoms. The SMILES string of the molecule is NCc1cnc(Nc2ccc3c(c2)CCCC3)s1. The van der Waals surface area contributed by atoms with Gasteiger partial charge in [0.15, 0.2) is 5.13 Å². The van der Waals surface area contributed by atoms with Gasteiger partial charge in [-0.1, -0.05) is 6.07 Å². The lowest BCUT2D eigenvalue weighted by Gasteiger charge is -2.16. The lowest BCUT2D eigenvalue weighted by atomic mass is 9.91. The van der Waals surface area contributed by atoms with Crippen LogP contribution in [0.5, 0.6) is 0 Å². The zero-order chi connectivity index (χ0) is 12.4. The maximum atomic E-state index is 5.59. The third-order valence-electron chi connectivity index (χ3n) is 3.35. The molecule has 1 aromatic carbocycles. The minimum Gasteiger partial charge on any atom is -0.332 e. The summed E-state index contributed by atoms with van der Waals surface area (Å²) in [4.78, 5) is 5.43. The van der Waals surface area contributed by atoms with E-state index < -0.39 is 0 Å². The van der Waals surface area contributed by atoms with Crippen LogP contribution >= 0.6 is 11.3 Å². The number of anilines is 2. The number of aromatic nitrogens is 1. The molecule has 0 aliphatic heterocycles. The van der Waals surface area contributed by atoms with Crippen molar-refractivity contribution in [3.8, 4) is 0 Å². The molecule has 0 amide bonds. The van der Waals surface area contributed by atoms with Crippen molar-refractivity contribution < 1.29 is 0 Å². The maximum Gasteiger partial charge on any atom is 0.187 e. The van der Waals surface area contributed by atoms with Gasteiger partial charge < -0.3 is 11.1 Å². The molecule has 0 fully saturated rings. The van der Waals surface area contributed by atoms with Crippen LogP contribution in [-0.4, -0.2) is 4.98 Å². The number of nitrogens with two attached hydrogens (primary N) is 1. The number of hydrogen-bond donors (Lipinski definition) is 2. The van der Waals surface area contributed by atoms with E-state index in [0.717, 1.165) is 15.7 Å². The predicted molar refractivity (Wildman–Crippen MR) is 76.4 cm³/mol. The fourth-order valence-corrected chi connectivity index (χ4v) is 3.11. The van der Waals surface area contributed by atoms with E-state index in [0.29, 0.717) is 6.54 Å². The molecule has 0 spiro atoms. The lowest BCUT2D eigenvalue weighted by molar-refractivity contribution is 0.686. The predicted octanol–water partition coefficient (Wildman–Crippen LogP) is 3.22. The van der Waals surface area contributed by atoms with Gasteiger partial charge in [-0.25, -0.2) is 4.98 Å². The van der Waals surface area contributed by atoms with Gasteiger partial charge in [-0.15, -0.1) is 11.3 Å². The number of aryl methyl sites for hydroxylation is 2. The van der Waals surface area contributed by atoms with Gasteiger partial charge in [0.1, 0.15) is 0 Å². The van der Waals surface area contributed by atoms with E-state index in [2.05, 4.69) is 28.5 Å². The largest absolute Gasteiger partial charge is 0.332 e. The lowest BCUT2D eigenvalue weighted by Crippen LogP contribution is -2.03. The van der Waals surface area contributed by atoms with E-state index in [1.165, 1.54) is 36.8 Å². The molecule has 3 N–H and O–H groups in total. The van der Waals surface area contributed by atoms with Crippen LogP contribution < -0.4 is 11.1 Å². The summed E-state index contributed by atoms with van der Waals surface area (Å²) in [6, 6.07) is 6.65. The van der Waals surface area contributed by atoms with E-state index in [4.69, 9.17) is 5.73 Å². The molecule has 1 aliphatic carbocycles. The highest BCUT2D eigenvalue weighted by Gasteiger charge is 2.10. The summed E-state index contributed by atoms with van der Waals surface area (Å²) in [7, 11) is 0. The van der Waals surface area contributed by atoms with Crippen molar-refractivity contribution >= 4 is 22.2 Å². The Bertz CT molecular complexity index is 548. The Morgan fingerprint density at radius 3 is 2.83 bits per heavy atom. The minimum atomic E-state index is 0.559. The van der Waals surface area contributed by atoms with Crippen LogP contribution in [0.2, 0.25) is 0 Å². The fraction of sp³-hybridized carbons (Fsp3) is 0.357. The molecule has 2 aromatic rings. The van der Waals surface area contributed by atoms with Crippen LogP contribution in [0.4, 0.5) is 10.8 Å². The molecule has 1 aliphatic rings. The number of nitrogens with one attached hydrogen (secondary N) is 1. The van der Waals surface area contributed by atoms with Crippen LogP contribution in [0.3, 0.4) is 0 Å². The molecule has 3 nitrogen and oxygen atoms in total. The summed E-state index contributed by atoms with van der Waals surface area (Å²) in [5.41, 5.74) is 9.72. The van der Waals surface area contributed by atoms with Crippen molar-refractivity contribution in [3.63, 3.8) is 0 Å². The average Bonchev–Trinajstić information content (AvgIpc) is 2.86. The molecule has 94 valence electrons. The molecule has 1 heterocycles. The van der Waals surface area contributed by atoms with Gasteiger partial charge in [0.2, 0.25) is 0 Å². The molecule has 0 atom stereocenters. The first-order valence-corrected chi connectivity index (χ1v) is 7.20. The first kappa shape index (κ1) is 11.7. The van der Waals surface area contributed by atoms with E-state index in [-0.39, 0.29) is 0 Å². The van der Waals surface area contributed by atoms with Crippen LogP contribution in [0.1, 0.15) is 28.8 Å². The summed E-state index contributed by atoms with van der Waals surface area (Å²) in [5.74, 6) is 0. The summed E-state index contributed by atoms with van der Waals surface area (Å²) in [6.45, 7) is 0.559. The van der Waals surface area contributed by atoms with Crippen LogP contribution in [0.15, 0.2) is 24.4 Å². The Morgan fingerprint density at radius 1 is 1.22 bits per heavy atom. The molecule has 0 saturated carbocycles. The van der Waals surface area contributed by atoms with E-state index >= 15 is 0 Å². The van der Waals surface area contributed by atoms with Gasteiger partial charge in [-0.3, -0.25) is 0 Å². The van der Waals surface area contributed by atoms with Crippen molar-refractivity contribution in [2.75, 3.05) is 5.32 Å². The van der Waals surface area contributed by atoms with Crippen molar-refractivity contribution in [1.29, 1.82) is 0 Å². The van der Waals surface area contributed by atoms with Crippen molar-refractivity contribution in [2.24, 2.45) is 5.73 Å². The number of thiazole rings is 1. The number of hydrogen-bond acceptors (Lipinski definition) is 4. The molecule has 3 rings (SSSR count). The summed E-state index contributed by atoms with van der Waals surface area (Å²) >= 11 is 1.62. The van der Waals surface area contributed by atoms with Crippen LogP contribution in [-0.2, 0) is 19.4 Å². The maximum absolute atomic E-state index is 5.59. The monoisotopic (exact) mass is 259 g/mol. The average molecular weight is 259 g/mol. The van der Waals surface area contributed by atoms with Gasteiger partial charge in [-0.2, -0.15) is 0 Å². The topological polar surface area (TPSA) is 50.9 Å². The van der Waals surface area contributed by atoms with Crippen LogP contribution in [0, 0.1) is 0 Å². The number of fused-ring (bicyclic) bond motifs is 1. The normalized spacial score (nSPS) is 14.3. The molecule has 4 heteroatoms. The zero-order valence-electron chi connectivity index (χ0n) is 10.3. The second-order valence-electron chi connectivity index (χ2n) is 4.65. The second-order valence-corrected chi connectivity index (χ2v) is 5.77. The highest BCUT2D eigenvalue weighted by atomic mass is 32.1. The Hall–Kier alpha value is -1.39. The summed E-state index contributed by atoms with van der Waals surface area (Å²) in [5, 5.41) is 4.28. The van der Waals surface area contributed by atoms with Crippen molar-refractivity contribution in [3.05, 3.63) is 40.4 Å². The van der Waals surface area contributed by atoms with Crippen molar-refractivity contribution in [2.45, 2.75) is 32.2 Å². The highest BCUT2D eigenvalue weighted by Crippen LogP contribution is 2.27. The van der Waals surface area contributed by atoms with Crippen molar-refractivity contribution in [1.82, 2.24) is 4.98 Å². The van der Waals surface area contributed by atoms with Gasteiger partial charge in [0, 0.05) is 23.3 Å². The Labute approximate surface area is 111 Å². The Balaban J connectivity index is 1.80. The first-order valence-electron chi connectivity index (χ1n) is 6.39. The number of nitrogens with zero attached hydrogens (tertiary/aromatic N) is 1. The molecular weight excluding hydrogens is 242 g/mol. The van der Waals surface area contributed by atoms with Crippen LogP contribution in [0.25, 0.3) is 0 Å². The molecule has 1 aromatic heterocycles. The smallest absolute Gasteiger partial charge is 0.187 e. The third-order valence-corrected chi connectivity index (χ3v) is 4.29. The highest BCUT2D eigenvalue weighted by molar-refractivity contribution is 7.15. The Morgan fingerprint density at radius 2 is 2.06 bits per heavy atom. The standard InChI is InChI=1S/C14H17N3S/c15-8-13-9-16-14(18-13)17-12-6-5-10-3-1-2-4-11(10)7-12/h5-7,9H,1-4,8,15H2,(H,16,17). The van der Waals surface area contributed by atoms with E-state index in [1.807, 2.05) is 6.20 Å². The van der Waals surface area contributed by atoms with Gasteiger partial charge in [0.05, 0.1) is 0 Å². The molecule has 0 unspecified atom stereocenters. The zero-order valence-corrected chi connectivity index (χ0v) is 11.1. The minimum absolute atomic E-state index is 0.559. The molecule has 0 saturated heterocycles. The molecule has 18 heavy (non-hydrogen) atoms. The molecular formula is C14H17N3S. The summed E-state index contributed by atoms with van der Waals surface area (Å²) in [6.07, 6.45) is 6.91. The Kier molecular flexibility index (Phi) is 3.30. The number of benzene rings is 1. The van der Waals surface area contributed by atoms with E-state index in [1.54, 1.807) is 11.3 Å². The second kappa shape index (κ2) is 5.08. The van der Waals surface area contributed by atoms with Gasteiger partial charge >= 0.3 is 0 Å². The van der Waals surface area contributed by atoms with Gasteiger partial charge in [0.25, 0.3) is 0 Å². The quantitative estimate of drug-likeness (QED) is 0.889. The van der Waals surface area contributed by atoms with Gasteiger partial charge in [-0.05, 0) is 48.9 Å². The fourth-order valence-electron chi connectivity index (χ4n) is 2.39. The summed E-state index contributed by atoms with van der Waals surface area (Å²) < 4.78 is 0.